The first-order valence-electron chi connectivity index (χ1n) is 6.71. The highest BCUT2D eigenvalue weighted by atomic mass is 35.5. The number of hydrogen-bond acceptors (Lipinski definition) is 5. The van der Waals surface area contributed by atoms with Crippen molar-refractivity contribution in [3.8, 4) is 11.5 Å². The fraction of sp³-hybridized carbons (Fsp3) is 0.125. The second-order valence-corrected chi connectivity index (χ2v) is 6.07. The molecule has 1 N–H and O–H groups in total. The monoisotopic (exact) mass is 348 g/mol. The van der Waals surface area contributed by atoms with Gasteiger partial charge in [-0.2, -0.15) is 0 Å². The summed E-state index contributed by atoms with van der Waals surface area (Å²) >= 11 is 7.54. The number of halogens is 1. The van der Waals surface area contributed by atoms with Crippen LogP contribution in [0.15, 0.2) is 36.4 Å². The van der Waals surface area contributed by atoms with Crippen LogP contribution in [0.2, 0.25) is 5.02 Å². The van der Waals surface area contributed by atoms with E-state index < -0.39 is 0 Å². The summed E-state index contributed by atoms with van der Waals surface area (Å²) in [6.45, 7) is 0. The van der Waals surface area contributed by atoms with Gasteiger partial charge in [-0.3, -0.25) is 10.1 Å². The maximum Gasteiger partial charge on any atom is 0.257 e. The first-order valence-corrected chi connectivity index (χ1v) is 7.90. The Labute approximate surface area is 141 Å². The molecule has 0 aliphatic carbocycles. The molecule has 23 heavy (non-hydrogen) atoms. The number of ether oxygens (including phenoxy) is 2. The normalized spacial score (nSPS) is 10.6. The molecular weight excluding hydrogens is 336 g/mol. The predicted octanol–water partition coefficient (Wildman–Crippen LogP) is 4.22. The summed E-state index contributed by atoms with van der Waals surface area (Å²) < 4.78 is 11.4. The molecule has 0 spiro atoms. The molecule has 3 rings (SSSR count). The fourth-order valence-corrected chi connectivity index (χ4v) is 3.29. The van der Waals surface area contributed by atoms with Crippen molar-refractivity contribution in [1.82, 2.24) is 4.98 Å². The Balaban J connectivity index is 1.89. The zero-order valence-corrected chi connectivity index (χ0v) is 14.0. The first kappa shape index (κ1) is 15.6. The van der Waals surface area contributed by atoms with Gasteiger partial charge < -0.3 is 9.47 Å². The zero-order chi connectivity index (χ0) is 16.4. The van der Waals surface area contributed by atoms with E-state index >= 15 is 0 Å². The van der Waals surface area contributed by atoms with Gasteiger partial charge in [0.15, 0.2) is 16.6 Å². The van der Waals surface area contributed by atoms with Crippen molar-refractivity contribution in [2.75, 3.05) is 19.5 Å². The maximum atomic E-state index is 12.4. The highest BCUT2D eigenvalue weighted by Crippen LogP contribution is 2.36. The number of amides is 1. The lowest BCUT2D eigenvalue weighted by molar-refractivity contribution is 0.102. The predicted molar refractivity (Wildman–Crippen MR) is 92.1 cm³/mol. The van der Waals surface area contributed by atoms with Crippen LogP contribution in [0.25, 0.3) is 10.2 Å². The maximum absolute atomic E-state index is 12.4. The number of anilines is 1. The Morgan fingerprint density at radius 3 is 2.70 bits per heavy atom. The van der Waals surface area contributed by atoms with E-state index in [1.807, 2.05) is 24.3 Å². The van der Waals surface area contributed by atoms with Gasteiger partial charge in [0.05, 0.1) is 29.5 Å². The lowest BCUT2D eigenvalue weighted by Crippen LogP contribution is -2.12. The van der Waals surface area contributed by atoms with Gasteiger partial charge in [-0.15, -0.1) is 0 Å². The van der Waals surface area contributed by atoms with Crippen LogP contribution >= 0.6 is 22.9 Å². The molecule has 0 aliphatic heterocycles. The third-order valence-corrected chi connectivity index (χ3v) is 4.44. The van der Waals surface area contributed by atoms with Crippen molar-refractivity contribution in [3.05, 3.63) is 47.0 Å². The molecule has 7 heteroatoms. The van der Waals surface area contributed by atoms with Gasteiger partial charge in [-0.1, -0.05) is 35.1 Å². The van der Waals surface area contributed by atoms with E-state index in [0.29, 0.717) is 27.2 Å². The Hall–Kier alpha value is -2.31. The van der Waals surface area contributed by atoms with E-state index in [1.54, 1.807) is 6.07 Å². The topological polar surface area (TPSA) is 60.5 Å². The number of fused-ring (bicyclic) bond motifs is 1. The van der Waals surface area contributed by atoms with Crippen LogP contribution in [0.4, 0.5) is 5.13 Å². The third-order valence-electron chi connectivity index (χ3n) is 3.21. The number of hydrogen-bond donors (Lipinski definition) is 1. The van der Waals surface area contributed by atoms with Crippen LogP contribution in [0.1, 0.15) is 10.4 Å². The molecule has 1 heterocycles. The molecule has 0 atom stereocenters. The van der Waals surface area contributed by atoms with Gasteiger partial charge >= 0.3 is 0 Å². The van der Waals surface area contributed by atoms with E-state index in [2.05, 4.69) is 10.3 Å². The summed E-state index contributed by atoms with van der Waals surface area (Å²) in [6.07, 6.45) is 0. The molecule has 118 valence electrons. The minimum Gasteiger partial charge on any atom is -0.493 e. The highest BCUT2D eigenvalue weighted by molar-refractivity contribution is 7.22. The van der Waals surface area contributed by atoms with Crippen molar-refractivity contribution in [2.24, 2.45) is 0 Å². The smallest absolute Gasteiger partial charge is 0.257 e. The lowest BCUT2D eigenvalue weighted by atomic mass is 10.2. The lowest BCUT2D eigenvalue weighted by Gasteiger charge is -2.11. The second-order valence-electron chi connectivity index (χ2n) is 4.63. The SMILES string of the molecule is COc1cc(C(=O)Nc2nc3ccccc3s2)cc(Cl)c1OC. The standard InChI is InChI=1S/C16H13ClN2O3S/c1-21-12-8-9(7-10(17)14(12)22-2)15(20)19-16-18-11-5-3-4-6-13(11)23-16/h3-8H,1-2H3,(H,18,19,20). The fourth-order valence-electron chi connectivity index (χ4n) is 2.14. The molecule has 2 aromatic carbocycles. The Kier molecular flexibility index (Phi) is 4.36. The van der Waals surface area contributed by atoms with E-state index in [4.69, 9.17) is 21.1 Å². The van der Waals surface area contributed by atoms with E-state index in [0.717, 1.165) is 10.2 Å². The van der Waals surface area contributed by atoms with Gasteiger partial charge in [0.25, 0.3) is 5.91 Å². The molecule has 0 saturated carbocycles. The highest BCUT2D eigenvalue weighted by Gasteiger charge is 2.16. The summed E-state index contributed by atoms with van der Waals surface area (Å²) in [6, 6.07) is 10.8. The van der Waals surface area contributed by atoms with Crippen molar-refractivity contribution in [2.45, 2.75) is 0 Å². The molecule has 0 saturated heterocycles. The molecule has 5 nitrogen and oxygen atoms in total. The van der Waals surface area contributed by atoms with Crippen LogP contribution in [-0.2, 0) is 0 Å². The molecule has 0 radical (unpaired) electrons. The minimum atomic E-state index is -0.313. The van der Waals surface area contributed by atoms with Crippen LogP contribution < -0.4 is 14.8 Å². The Morgan fingerprint density at radius 1 is 1.22 bits per heavy atom. The number of nitrogens with zero attached hydrogens (tertiary/aromatic N) is 1. The molecule has 0 fully saturated rings. The average molecular weight is 349 g/mol. The second kappa shape index (κ2) is 6.44. The summed E-state index contributed by atoms with van der Waals surface area (Å²) in [5.74, 6) is 0.479. The number of aromatic nitrogens is 1. The van der Waals surface area contributed by atoms with Crippen LogP contribution in [-0.4, -0.2) is 25.1 Å². The summed E-state index contributed by atoms with van der Waals surface area (Å²) in [4.78, 5) is 16.8. The quantitative estimate of drug-likeness (QED) is 0.766. The van der Waals surface area contributed by atoms with Crippen molar-refractivity contribution >= 4 is 44.2 Å². The molecule has 1 aromatic heterocycles. The van der Waals surface area contributed by atoms with Gasteiger partial charge in [0.2, 0.25) is 0 Å². The number of para-hydroxylation sites is 1. The first-order chi connectivity index (χ1) is 11.1. The summed E-state index contributed by atoms with van der Waals surface area (Å²) in [7, 11) is 2.98. The number of nitrogens with one attached hydrogen (secondary N) is 1. The van der Waals surface area contributed by atoms with Crippen molar-refractivity contribution in [1.29, 1.82) is 0 Å². The van der Waals surface area contributed by atoms with Crippen molar-refractivity contribution < 1.29 is 14.3 Å². The largest absolute Gasteiger partial charge is 0.493 e. The number of methoxy groups -OCH3 is 2. The molecule has 3 aromatic rings. The van der Waals surface area contributed by atoms with Crippen LogP contribution in [0.3, 0.4) is 0 Å². The molecule has 0 unspecified atom stereocenters. The van der Waals surface area contributed by atoms with Crippen molar-refractivity contribution in [3.63, 3.8) is 0 Å². The number of benzene rings is 2. The summed E-state index contributed by atoms with van der Waals surface area (Å²) in [5, 5.41) is 3.61. The van der Waals surface area contributed by atoms with E-state index in [9.17, 15) is 4.79 Å². The Morgan fingerprint density at radius 2 is 2.00 bits per heavy atom. The van der Waals surface area contributed by atoms with Crippen LogP contribution in [0.5, 0.6) is 11.5 Å². The molecule has 0 bridgehead atoms. The van der Waals surface area contributed by atoms with Gasteiger partial charge in [-0.25, -0.2) is 4.98 Å². The van der Waals surface area contributed by atoms with Gasteiger partial charge in [0.1, 0.15) is 0 Å². The number of rotatable bonds is 4. The number of carbonyl (C=O) groups is 1. The number of carbonyl (C=O) groups excluding carboxylic acids is 1. The third kappa shape index (κ3) is 3.09. The molecular formula is C16H13ClN2O3S. The number of thiazole rings is 1. The Bertz CT molecular complexity index is 846. The van der Waals surface area contributed by atoms with Gasteiger partial charge in [-0.05, 0) is 24.3 Å². The van der Waals surface area contributed by atoms with E-state index in [-0.39, 0.29) is 5.91 Å². The minimum absolute atomic E-state index is 0.307. The molecule has 0 aliphatic rings. The van der Waals surface area contributed by atoms with Gasteiger partial charge in [0, 0.05) is 5.56 Å². The summed E-state index contributed by atoms with van der Waals surface area (Å²) in [5.41, 5.74) is 1.21. The average Bonchev–Trinajstić information content (AvgIpc) is 2.96. The molecule has 1 amide bonds. The zero-order valence-electron chi connectivity index (χ0n) is 12.4. The van der Waals surface area contributed by atoms with E-state index in [1.165, 1.54) is 31.6 Å². The van der Waals surface area contributed by atoms with Crippen LogP contribution in [0, 0.1) is 0 Å².